The van der Waals surface area contributed by atoms with Gasteiger partial charge >= 0.3 is 0 Å². The number of anilines is 2. The Kier molecular flexibility index (Phi) is 3.41. The van der Waals surface area contributed by atoms with E-state index in [1.54, 1.807) is 0 Å². The van der Waals surface area contributed by atoms with Crippen LogP contribution in [0.5, 0.6) is 0 Å². The minimum Gasteiger partial charge on any atom is -0.392 e. The Morgan fingerprint density at radius 1 is 0.739 bits per heavy atom. The van der Waals surface area contributed by atoms with Crippen molar-refractivity contribution in [2.75, 3.05) is 5.32 Å². The number of pyridine rings is 1. The Morgan fingerprint density at radius 3 is 1.96 bits per heavy atom. The zero-order chi connectivity index (χ0) is 15.6. The lowest BCUT2D eigenvalue weighted by Gasteiger charge is -2.15. The molecule has 3 aromatic carbocycles. The highest BCUT2D eigenvalue weighted by atomic mass is 16.3. The molecule has 0 saturated heterocycles. The lowest BCUT2D eigenvalue weighted by Crippen LogP contribution is -1.98. The summed E-state index contributed by atoms with van der Waals surface area (Å²) in [6, 6.07) is 24.0. The van der Waals surface area contributed by atoms with E-state index in [9.17, 15) is 5.11 Å². The molecule has 0 radical (unpaired) electrons. The van der Waals surface area contributed by atoms with Crippen LogP contribution in [0.15, 0.2) is 72.8 Å². The highest BCUT2D eigenvalue weighted by Gasteiger charge is 2.10. The fourth-order valence-corrected chi connectivity index (χ4v) is 2.89. The van der Waals surface area contributed by atoms with Crippen LogP contribution in [0.25, 0.3) is 21.8 Å². The number of aliphatic hydroxyl groups is 1. The number of fused-ring (bicyclic) bond motifs is 2. The van der Waals surface area contributed by atoms with Crippen LogP contribution >= 0.6 is 0 Å². The zero-order valence-electron chi connectivity index (χ0n) is 12.5. The van der Waals surface area contributed by atoms with Gasteiger partial charge in [0.15, 0.2) is 0 Å². The molecule has 112 valence electrons. The topological polar surface area (TPSA) is 45.1 Å². The van der Waals surface area contributed by atoms with Gasteiger partial charge in [-0.2, -0.15) is 0 Å². The summed E-state index contributed by atoms with van der Waals surface area (Å²) in [5.74, 6) is 0. The van der Waals surface area contributed by atoms with Crippen molar-refractivity contribution >= 4 is 33.2 Å². The van der Waals surface area contributed by atoms with Crippen LogP contribution in [0.2, 0.25) is 0 Å². The first-order valence-electron chi connectivity index (χ1n) is 7.60. The van der Waals surface area contributed by atoms with Gasteiger partial charge in [-0.05, 0) is 18.2 Å². The van der Waals surface area contributed by atoms with Crippen LogP contribution in [-0.2, 0) is 6.61 Å². The molecule has 0 unspecified atom stereocenters. The van der Waals surface area contributed by atoms with Crippen molar-refractivity contribution in [1.82, 2.24) is 4.98 Å². The van der Waals surface area contributed by atoms with Crippen molar-refractivity contribution in [2.45, 2.75) is 6.61 Å². The van der Waals surface area contributed by atoms with Gasteiger partial charge in [0.2, 0.25) is 0 Å². The molecule has 0 aliphatic heterocycles. The van der Waals surface area contributed by atoms with E-state index in [2.05, 4.69) is 17.4 Å². The Labute approximate surface area is 134 Å². The van der Waals surface area contributed by atoms with Gasteiger partial charge in [0.05, 0.1) is 23.3 Å². The van der Waals surface area contributed by atoms with Crippen LogP contribution in [-0.4, -0.2) is 10.1 Å². The largest absolute Gasteiger partial charge is 0.392 e. The summed E-state index contributed by atoms with van der Waals surface area (Å²) >= 11 is 0. The molecular weight excluding hydrogens is 284 g/mol. The molecule has 0 bridgehead atoms. The second-order valence-electron chi connectivity index (χ2n) is 5.46. The highest BCUT2D eigenvalue weighted by molar-refractivity contribution is 6.08. The molecule has 0 saturated carbocycles. The summed E-state index contributed by atoms with van der Waals surface area (Å²) in [6.45, 7) is 0.00409. The van der Waals surface area contributed by atoms with E-state index >= 15 is 0 Å². The SMILES string of the molecule is OCc1ccccc1Nc1c2ccccc2nc2ccccc12. The molecule has 0 aliphatic rings. The standard InChI is InChI=1S/C20H16N2O/c23-13-14-7-1-4-10-17(14)22-20-15-8-2-5-11-18(15)21-19-12-6-3-9-16(19)20/h1-12,23H,13H2,(H,21,22). The van der Waals surface area contributed by atoms with E-state index in [0.29, 0.717) is 0 Å². The Bertz CT molecular complexity index is 941. The van der Waals surface area contributed by atoms with Gasteiger partial charge in [-0.1, -0.05) is 54.6 Å². The lowest BCUT2D eigenvalue weighted by atomic mass is 10.1. The van der Waals surface area contributed by atoms with Gasteiger partial charge in [0.1, 0.15) is 0 Å². The van der Waals surface area contributed by atoms with Crippen LogP contribution < -0.4 is 5.32 Å². The minimum absolute atomic E-state index is 0.00409. The van der Waals surface area contributed by atoms with E-state index in [1.165, 1.54) is 0 Å². The smallest absolute Gasteiger partial charge is 0.0730 e. The number of nitrogens with one attached hydrogen (secondary N) is 1. The highest BCUT2D eigenvalue weighted by Crippen LogP contribution is 2.33. The number of para-hydroxylation sites is 3. The predicted octanol–water partition coefficient (Wildman–Crippen LogP) is 4.62. The first kappa shape index (κ1) is 13.7. The molecular formula is C20H16N2O. The van der Waals surface area contributed by atoms with E-state index in [-0.39, 0.29) is 6.61 Å². The van der Waals surface area contributed by atoms with E-state index in [1.807, 2.05) is 60.7 Å². The molecule has 0 spiro atoms. The molecule has 2 N–H and O–H groups in total. The third kappa shape index (κ3) is 2.41. The fraction of sp³-hybridized carbons (Fsp3) is 0.0500. The molecule has 0 aliphatic carbocycles. The van der Waals surface area contributed by atoms with Crippen molar-refractivity contribution in [3.8, 4) is 0 Å². The lowest BCUT2D eigenvalue weighted by molar-refractivity contribution is 0.282. The molecule has 1 heterocycles. The van der Waals surface area contributed by atoms with E-state index in [0.717, 1.165) is 38.7 Å². The van der Waals surface area contributed by atoms with Crippen molar-refractivity contribution in [3.63, 3.8) is 0 Å². The van der Waals surface area contributed by atoms with Gasteiger partial charge < -0.3 is 10.4 Å². The second-order valence-corrected chi connectivity index (χ2v) is 5.46. The zero-order valence-corrected chi connectivity index (χ0v) is 12.5. The van der Waals surface area contributed by atoms with Crippen molar-refractivity contribution in [1.29, 1.82) is 0 Å². The fourth-order valence-electron chi connectivity index (χ4n) is 2.89. The first-order valence-corrected chi connectivity index (χ1v) is 7.60. The third-order valence-electron chi connectivity index (χ3n) is 4.04. The second kappa shape index (κ2) is 5.71. The van der Waals surface area contributed by atoms with Crippen LogP contribution in [0.1, 0.15) is 5.56 Å². The Balaban J connectivity index is 1.99. The number of rotatable bonds is 3. The van der Waals surface area contributed by atoms with Crippen molar-refractivity contribution < 1.29 is 5.11 Å². The minimum atomic E-state index is 0.00409. The van der Waals surface area contributed by atoms with Gasteiger partial charge in [0.25, 0.3) is 0 Å². The first-order chi connectivity index (χ1) is 11.4. The molecule has 23 heavy (non-hydrogen) atoms. The van der Waals surface area contributed by atoms with Crippen molar-refractivity contribution in [3.05, 3.63) is 78.4 Å². The van der Waals surface area contributed by atoms with Crippen LogP contribution in [0, 0.1) is 0 Å². The van der Waals surface area contributed by atoms with Gasteiger partial charge in [-0.25, -0.2) is 4.98 Å². The molecule has 3 heteroatoms. The Hall–Kier alpha value is -2.91. The maximum atomic E-state index is 9.57. The quantitative estimate of drug-likeness (QED) is 0.542. The molecule has 0 amide bonds. The summed E-state index contributed by atoms with van der Waals surface area (Å²) in [6.07, 6.45) is 0. The summed E-state index contributed by atoms with van der Waals surface area (Å²) in [4.78, 5) is 4.73. The van der Waals surface area contributed by atoms with Crippen LogP contribution in [0.3, 0.4) is 0 Å². The number of aliphatic hydroxyl groups excluding tert-OH is 1. The average Bonchev–Trinajstić information content (AvgIpc) is 2.62. The van der Waals surface area contributed by atoms with E-state index < -0.39 is 0 Å². The number of nitrogens with zero attached hydrogens (tertiary/aromatic N) is 1. The maximum Gasteiger partial charge on any atom is 0.0730 e. The van der Waals surface area contributed by atoms with Crippen LogP contribution in [0.4, 0.5) is 11.4 Å². The summed E-state index contributed by atoms with van der Waals surface area (Å²) in [5.41, 5.74) is 4.71. The maximum absolute atomic E-state index is 9.57. The summed E-state index contributed by atoms with van der Waals surface area (Å²) in [5, 5.41) is 15.2. The Morgan fingerprint density at radius 2 is 1.30 bits per heavy atom. The molecule has 4 rings (SSSR count). The number of hydrogen-bond acceptors (Lipinski definition) is 3. The number of hydrogen-bond donors (Lipinski definition) is 2. The molecule has 1 aromatic heterocycles. The molecule has 0 atom stereocenters. The monoisotopic (exact) mass is 300 g/mol. The predicted molar refractivity (Wildman–Crippen MR) is 94.9 cm³/mol. The molecule has 4 aromatic rings. The molecule has 0 fully saturated rings. The normalized spacial score (nSPS) is 11.0. The van der Waals surface area contributed by atoms with Gasteiger partial charge in [-0.3, -0.25) is 0 Å². The van der Waals surface area contributed by atoms with E-state index in [4.69, 9.17) is 4.98 Å². The summed E-state index contributed by atoms with van der Waals surface area (Å²) < 4.78 is 0. The van der Waals surface area contributed by atoms with Crippen molar-refractivity contribution in [2.24, 2.45) is 0 Å². The van der Waals surface area contributed by atoms with Gasteiger partial charge in [0, 0.05) is 22.0 Å². The number of aromatic nitrogens is 1. The average molecular weight is 300 g/mol. The molecule has 3 nitrogen and oxygen atoms in total. The third-order valence-corrected chi connectivity index (χ3v) is 4.04. The van der Waals surface area contributed by atoms with Gasteiger partial charge in [-0.15, -0.1) is 0 Å². The number of benzene rings is 3. The summed E-state index contributed by atoms with van der Waals surface area (Å²) in [7, 11) is 0.